The molecule has 2 aromatic carbocycles. The zero-order chi connectivity index (χ0) is 19.4. The van der Waals surface area contributed by atoms with Gasteiger partial charge in [-0.3, -0.25) is 19.3 Å². The first-order valence-corrected chi connectivity index (χ1v) is 8.69. The molecule has 0 bridgehead atoms. The molecule has 3 rings (SSSR count). The summed E-state index contributed by atoms with van der Waals surface area (Å²) in [7, 11) is 0. The summed E-state index contributed by atoms with van der Waals surface area (Å²) in [5, 5.41) is 11.0. The number of hydrogen-bond acceptors (Lipinski definition) is 5. The Kier molecular flexibility index (Phi) is 5.37. The second-order valence-corrected chi connectivity index (χ2v) is 6.60. The van der Waals surface area contributed by atoms with Crippen molar-refractivity contribution in [2.75, 3.05) is 11.9 Å². The number of para-hydroxylation sites is 1. The maximum absolute atomic E-state index is 12.4. The lowest BCUT2D eigenvalue weighted by atomic mass is 10.1. The van der Waals surface area contributed by atoms with Gasteiger partial charge in [-0.1, -0.05) is 30.3 Å². The largest absolute Gasteiger partial charge is 0.478 e. The number of aromatic carboxylic acids is 1. The molecule has 8 heteroatoms. The Hall–Kier alpha value is -3.39. The minimum atomic E-state index is -1.05. The first-order chi connectivity index (χ1) is 12.9. The monoisotopic (exact) mass is 382 g/mol. The van der Waals surface area contributed by atoms with Gasteiger partial charge in [-0.05, 0) is 47.7 Å². The van der Waals surface area contributed by atoms with Gasteiger partial charge in [0, 0.05) is 5.69 Å². The zero-order valence-electron chi connectivity index (χ0n) is 13.9. The van der Waals surface area contributed by atoms with Gasteiger partial charge < -0.3 is 10.4 Å². The zero-order valence-corrected chi connectivity index (χ0v) is 14.7. The van der Waals surface area contributed by atoms with E-state index in [1.165, 1.54) is 18.2 Å². The summed E-state index contributed by atoms with van der Waals surface area (Å²) in [6, 6.07) is 14.6. The summed E-state index contributed by atoms with van der Waals surface area (Å²) in [6.07, 6.45) is 1.49. The molecule has 3 amide bonds. The normalized spacial score (nSPS) is 15.3. The number of hydrogen-bond donors (Lipinski definition) is 2. The summed E-state index contributed by atoms with van der Waals surface area (Å²) in [6.45, 7) is -0.380. The molecular formula is C19H14N2O5S. The molecule has 27 heavy (non-hydrogen) atoms. The highest BCUT2D eigenvalue weighted by molar-refractivity contribution is 8.18. The van der Waals surface area contributed by atoms with Gasteiger partial charge in [-0.2, -0.15) is 0 Å². The van der Waals surface area contributed by atoms with E-state index >= 15 is 0 Å². The van der Waals surface area contributed by atoms with Gasteiger partial charge in [0.15, 0.2) is 0 Å². The number of carbonyl (C=O) groups is 4. The van der Waals surface area contributed by atoms with Crippen molar-refractivity contribution >= 4 is 46.5 Å². The molecule has 0 spiro atoms. The Morgan fingerprint density at radius 2 is 1.70 bits per heavy atom. The van der Waals surface area contributed by atoms with Crippen LogP contribution in [0, 0.1) is 0 Å². The molecule has 0 atom stereocenters. The van der Waals surface area contributed by atoms with Crippen LogP contribution < -0.4 is 5.32 Å². The minimum absolute atomic E-state index is 0.123. The van der Waals surface area contributed by atoms with Crippen LogP contribution in [0.15, 0.2) is 59.5 Å². The summed E-state index contributed by atoms with van der Waals surface area (Å²) in [5.41, 5.74) is 1.28. The third kappa shape index (κ3) is 4.42. The molecule has 0 saturated carbocycles. The van der Waals surface area contributed by atoms with Gasteiger partial charge >= 0.3 is 5.97 Å². The summed E-state index contributed by atoms with van der Waals surface area (Å²) in [4.78, 5) is 48.5. The lowest BCUT2D eigenvalue weighted by Crippen LogP contribution is -2.36. The summed E-state index contributed by atoms with van der Waals surface area (Å²) >= 11 is 0.738. The predicted molar refractivity (Wildman–Crippen MR) is 101 cm³/mol. The fourth-order valence-corrected chi connectivity index (χ4v) is 3.21. The van der Waals surface area contributed by atoms with Crippen molar-refractivity contribution in [3.8, 4) is 0 Å². The third-order valence-corrected chi connectivity index (χ3v) is 4.60. The van der Waals surface area contributed by atoms with Crippen LogP contribution in [0.1, 0.15) is 15.9 Å². The number of imide groups is 1. The van der Waals surface area contributed by atoms with Gasteiger partial charge in [0.25, 0.3) is 11.1 Å². The van der Waals surface area contributed by atoms with Gasteiger partial charge in [-0.25, -0.2) is 4.79 Å². The van der Waals surface area contributed by atoms with Gasteiger partial charge in [-0.15, -0.1) is 0 Å². The second-order valence-electron chi connectivity index (χ2n) is 5.61. The predicted octanol–water partition coefficient (Wildman–Crippen LogP) is 3.06. The van der Waals surface area contributed by atoms with Crippen LogP contribution in [0.5, 0.6) is 0 Å². The quantitative estimate of drug-likeness (QED) is 0.771. The second kappa shape index (κ2) is 7.88. The van der Waals surface area contributed by atoms with E-state index in [1.54, 1.807) is 42.5 Å². The lowest BCUT2D eigenvalue weighted by Gasteiger charge is -2.12. The Labute approximate surface area is 158 Å². The number of rotatable bonds is 5. The number of nitrogens with one attached hydrogen (secondary N) is 1. The van der Waals surface area contributed by atoms with E-state index in [0.29, 0.717) is 11.3 Å². The average molecular weight is 382 g/mol. The standard InChI is InChI=1S/C19H14N2O5S/c22-16(20-14-4-2-1-3-5-14)11-21-17(23)15(27-19(21)26)10-12-6-8-13(9-7-12)18(24)25/h1-10H,11H2,(H,20,22)(H,24,25). The Morgan fingerprint density at radius 1 is 1.04 bits per heavy atom. The van der Waals surface area contributed by atoms with Gasteiger partial charge in [0.1, 0.15) is 6.54 Å². The van der Waals surface area contributed by atoms with E-state index in [1.807, 2.05) is 0 Å². The van der Waals surface area contributed by atoms with Crippen molar-refractivity contribution in [3.05, 3.63) is 70.6 Å². The van der Waals surface area contributed by atoms with E-state index in [-0.39, 0.29) is 17.0 Å². The van der Waals surface area contributed by atoms with Crippen LogP contribution in [-0.2, 0) is 9.59 Å². The molecule has 1 heterocycles. The van der Waals surface area contributed by atoms with Gasteiger partial charge in [0.2, 0.25) is 5.91 Å². The smallest absolute Gasteiger partial charge is 0.335 e. The molecule has 7 nitrogen and oxygen atoms in total. The molecule has 0 aliphatic carbocycles. The molecule has 136 valence electrons. The number of amides is 3. The van der Waals surface area contributed by atoms with Crippen LogP contribution in [-0.4, -0.2) is 39.6 Å². The Bertz CT molecular complexity index is 938. The van der Waals surface area contributed by atoms with Crippen molar-refractivity contribution in [2.24, 2.45) is 0 Å². The number of nitrogens with zero attached hydrogens (tertiary/aromatic N) is 1. The summed E-state index contributed by atoms with van der Waals surface area (Å²) in [5.74, 6) is -2.09. The Morgan fingerprint density at radius 3 is 2.33 bits per heavy atom. The molecule has 0 aromatic heterocycles. The van der Waals surface area contributed by atoms with Crippen molar-refractivity contribution in [1.29, 1.82) is 0 Å². The van der Waals surface area contributed by atoms with Crippen LogP contribution in [0.4, 0.5) is 10.5 Å². The van der Waals surface area contributed by atoms with E-state index in [0.717, 1.165) is 16.7 Å². The highest BCUT2D eigenvalue weighted by atomic mass is 32.2. The fraction of sp³-hybridized carbons (Fsp3) is 0.0526. The molecule has 0 radical (unpaired) electrons. The highest BCUT2D eigenvalue weighted by Crippen LogP contribution is 2.32. The van der Waals surface area contributed by atoms with Crippen LogP contribution >= 0.6 is 11.8 Å². The van der Waals surface area contributed by atoms with E-state index in [4.69, 9.17) is 5.11 Å². The highest BCUT2D eigenvalue weighted by Gasteiger charge is 2.36. The SMILES string of the molecule is O=C(CN1C(=O)SC(=Cc2ccc(C(=O)O)cc2)C1=O)Nc1ccccc1. The van der Waals surface area contributed by atoms with Crippen molar-refractivity contribution in [3.63, 3.8) is 0 Å². The molecular weight excluding hydrogens is 368 g/mol. The number of carboxylic acid groups (broad SMARTS) is 1. The molecule has 2 aromatic rings. The lowest BCUT2D eigenvalue weighted by molar-refractivity contribution is -0.127. The minimum Gasteiger partial charge on any atom is -0.478 e. The average Bonchev–Trinajstić information content (AvgIpc) is 2.90. The van der Waals surface area contributed by atoms with E-state index in [2.05, 4.69) is 5.32 Å². The number of carboxylic acids is 1. The molecule has 0 unspecified atom stereocenters. The number of thioether (sulfide) groups is 1. The van der Waals surface area contributed by atoms with Crippen LogP contribution in [0.2, 0.25) is 0 Å². The maximum atomic E-state index is 12.4. The van der Waals surface area contributed by atoms with E-state index in [9.17, 15) is 19.2 Å². The first-order valence-electron chi connectivity index (χ1n) is 7.87. The fourth-order valence-electron chi connectivity index (χ4n) is 2.38. The third-order valence-electron chi connectivity index (χ3n) is 3.69. The molecule has 1 saturated heterocycles. The van der Waals surface area contributed by atoms with Gasteiger partial charge in [0.05, 0.1) is 10.5 Å². The maximum Gasteiger partial charge on any atom is 0.335 e. The Balaban J connectivity index is 1.69. The van der Waals surface area contributed by atoms with Crippen LogP contribution in [0.3, 0.4) is 0 Å². The molecule has 1 fully saturated rings. The van der Waals surface area contributed by atoms with Crippen molar-refractivity contribution in [2.45, 2.75) is 0 Å². The first kappa shape index (κ1) is 18.4. The van der Waals surface area contributed by atoms with E-state index < -0.39 is 23.0 Å². The van der Waals surface area contributed by atoms with Crippen molar-refractivity contribution < 1.29 is 24.3 Å². The molecule has 1 aliphatic rings. The topological polar surface area (TPSA) is 104 Å². The number of anilines is 1. The molecule has 1 aliphatic heterocycles. The number of carbonyl (C=O) groups excluding carboxylic acids is 3. The molecule has 2 N–H and O–H groups in total. The summed E-state index contributed by atoms with van der Waals surface area (Å²) < 4.78 is 0. The van der Waals surface area contributed by atoms with Crippen molar-refractivity contribution in [1.82, 2.24) is 4.90 Å². The van der Waals surface area contributed by atoms with Crippen LogP contribution in [0.25, 0.3) is 6.08 Å². The number of benzene rings is 2.